The fourth-order valence-corrected chi connectivity index (χ4v) is 3.41. The van der Waals surface area contributed by atoms with Gasteiger partial charge in [-0.1, -0.05) is 30.3 Å². The van der Waals surface area contributed by atoms with E-state index in [1.165, 1.54) is 0 Å². The highest BCUT2D eigenvalue weighted by atomic mass is 16.5. The maximum Gasteiger partial charge on any atom is 0.255 e. The number of carbonyl (C=O) groups excluding carboxylic acids is 2. The molecule has 4 aromatic rings. The molecule has 0 unspecified atom stereocenters. The van der Waals surface area contributed by atoms with Gasteiger partial charge in [0.05, 0.1) is 11.0 Å². The number of nitrogens with zero attached hydrogens (tertiary/aromatic N) is 1. The number of anilines is 1. The monoisotopic (exact) mass is 401 g/mol. The number of carbonyl (C=O) groups is 2. The first kappa shape index (κ1) is 19.2. The lowest BCUT2D eigenvalue weighted by atomic mass is 10.1. The van der Waals surface area contributed by atoms with E-state index in [-0.39, 0.29) is 24.5 Å². The molecule has 7 heteroatoms. The zero-order valence-electron chi connectivity index (χ0n) is 16.0. The van der Waals surface area contributed by atoms with Crippen molar-refractivity contribution < 1.29 is 14.3 Å². The summed E-state index contributed by atoms with van der Waals surface area (Å²) in [5, 5.41) is 3.95. The zero-order chi connectivity index (χ0) is 21.1. The largest absolute Gasteiger partial charge is 0.484 e. The summed E-state index contributed by atoms with van der Waals surface area (Å²) < 4.78 is 7.10. The molecule has 0 aliphatic heterocycles. The van der Waals surface area contributed by atoms with E-state index in [2.05, 4.69) is 5.32 Å². The van der Waals surface area contributed by atoms with Gasteiger partial charge in [0, 0.05) is 22.5 Å². The van der Waals surface area contributed by atoms with Crippen molar-refractivity contribution in [3.05, 3.63) is 83.0 Å². The Labute approximate surface area is 171 Å². The lowest BCUT2D eigenvalue weighted by Crippen LogP contribution is -2.22. The highest BCUT2D eigenvalue weighted by molar-refractivity contribution is 5.97. The number of ether oxygens (including phenoxy) is 1. The third-order valence-corrected chi connectivity index (χ3v) is 4.68. The number of para-hydroxylation sites is 2. The van der Waals surface area contributed by atoms with Crippen LogP contribution in [-0.4, -0.2) is 23.0 Å². The van der Waals surface area contributed by atoms with Crippen molar-refractivity contribution in [3.63, 3.8) is 0 Å². The third kappa shape index (κ3) is 3.86. The number of fused-ring (bicyclic) bond motifs is 2. The Hall–Kier alpha value is -4.13. The number of primary amides is 1. The van der Waals surface area contributed by atoms with Crippen LogP contribution in [0, 0.1) is 0 Å². The van der Waals surface area contributed by atoms with E-state index in [0.717, 1.165) is 0 Å². The van der Waals surface area contributed by atoms with Crippen molar-refractivity contribution >= 4 is 39.3 Å². The van der Waals surface area contributed by atoms with E-state index in [1.807, 2.05) is 28.8 Å². The van der Waals surface area contributed by atoms with Gasteiger partial charge in [0.2, 0.25) is 5.91 Å². The molecule has 0 radical (unpaired) electrons. The van der Waals surface area contributed by atoms with E-state index < -0.39 is 5.91 Å². The highest BCUT2D eigenvalue weighted by Gasteiger charge is 2.13. The van der Waals surface area contributed by atoms with Crippen molar-refractivity contribution in [2.24, 2.45) is 5.73 Å². The van der Waals surface area contributed by atoms with Crippen LogP contribution in [0.15, 0.2) is 77.6 Å². The second-order valence-corrected chi connectivity index (χ2v) is 6.78. The maximum absolute atomic E-state index is 12.8. The van der Waals surface area contributed by atoms with Gasteiger partial charge >= 0.3 is 0 Å². The Morgan fingerprint density at radius 3 is 2.17 bits per heavy atom. The molecule has 7 nitrogen and oxygen atoms in total. The van der Waals surface area contributed by atoms with Crippen molar-refractivity contribution in [1.82, 2.24) is 4.57 Å². The molecule has 0 fully saturated rings. The maximum atomic E-state index is 12.8. The lowest BCUT2D eigenvalue weighted by Gasteiger charge is -2.15. The van der Waals surface area contributed by atoms with E-state index in [9.17, 15) is 14.4 Å². The predicted molar refractivity (Wildman–Crippen MR) is 115 cm³/mol. The molecule has 4 rings (SSSR count). The van der Waals surface area contributed by atoms with Crippen molar-refractivity contribution in [3.8, 4) is 5.75 Å². The minimum Gasteiger partial charge on any atom is -0.484 e. The summed E-state index contributed by atoms with van der Waals surface area (Å²) in [4.78, 5) is 36.5. The molecule has 0 saturated heterocycles. The summed E-state index contributed by atoms with van der Waals surface area (Å²) in [5.41, 5.74) is 6.93. The second-order valence-electron chi connectivity index (χ2n) is 6.78. The van der Waals surface area contributed by atoms with Gasteiger partial charge in [-0.25, -0.2) is 0 Å². The smallest absolute Gasteiger partial charge is 0.255 e. The molecule has 0 atom stereocenters. The van der Waals surface area contributed by atoms with Crippen molar-refractivity contribution in [1.29, 1.82) is 0 Å². The van der Waals surface area contributed by atoms with Crippen LogP contribution in [-0.2, 0) is 16.1 Å². The number of nitrogens with two attached hydrogens (primary N) is 1. The molecule has 30 heavy (non-hydrogen) atoms. The Kier molecular flexibility index (Phi) is 5.17. The molecule has 1 heterocycles. The van der Waals surface area contributed by atoms with Crippen LogP contribution in [0.2, 0.25) is 0 Å². The number of benzene rings is 3. The number of hydrogen-bond acceptors (Lipinski definition) is 4. The summed E-state index contributed by atoms with van der Waals surface area (Å²) in [6, 6.07) is 21.2. The molecule has 0 saturated carbocycles. The highest BCUT2D eigenvalue weighted by Crippen LogP contribution is 2.20. The van der Waals surface area contributed by atoms with Gasteiger partial charge in [-0.05, 0) is 36.4 Å². The first-order chi connectivity index (χ1) is 14.5. The van der Waals surface area contributed by atoms with E-state index in [1.54, 1.807) is 48.5 Å². The molecule has 0 aliphatic carbocycles. The summed E-state index contributed by atoms with van der Waals surface area (Å²) >= 11 is 0. The number of hydrogen-bond donors (Lipinski definition) is 2. The fraction of sp³-hybridized carbons (Fsp3) is 0.0870. The minimum atomic E-state index is -0.582. The molecule has 0 spiro atoms. The van der Waals surface area contributed by atoms with Crippen LogP contribution in [0.5, 0.6) is 5.75 Å². The molecule has 3 N–H and O–H groups in total. The quantitative estimate of drug-likeness (QED) is 0.485. The van der Waals surface area contributed by atoms with Gasteiger partial charge in [-0.15, -0.1) is 0 Å². The molecule has 3 aromatic carbocycles. The van der Waals surface area contributed by atoms with Gasteiger partial charge < -0.3 is 20.4 Å². The van der Waals surface area contributed by atoms with Gasteiger partial charge in [-0.3, -0.25) is 14.4 Å². The third-order valence-electron chi connectivity index (χ3n) is 4.68. The number of pyridine rings is 1. The predicted octanol–water partition coefficient (Wildman–Crippen LogP) is 2.66. The Morgan fingerprint density at radius 1 is 0.900 bits per heavy atom. The SMILES string of the molecule is NC(=O)COc1cccc(NC(=O)Cn2c3ccccc3c(=O)c3ccccc32)c1. The Balaban J connectivity index is 1.65. The minimum absolute atomic E-state index is 0.0215. The first-order valence-corrected chi connectivity index (χ1v) is 9.34. The molecular weight excluding hydrogens is 382 g/mol. The van der Waals surface area contributed by atoms with Crippen molar-refractivity contribution in [2.75, 3.05) is 11.9 Å². The number of aromatic nitrogens is 1. The van der Waals surface area contributed by atoms with Gasteiger partial charge in [0.15, 0.2) is 12.0 Å². The van der Waals surface area contributed by atoms with Crippen LogP contribution < -0.4 is 21.2 Å². The van der Waals surface area contributed by atoms with Crippen LogP contribution in [0.3, 0.4) is 0 Å². The average Bonchev–Trinajstić information content (AvgIpc) is 2.75. The van der Waals surface area contributed by atoms with Crippen molar-refractivity contribution in [2.45, 2.75) is 6.54 Å². The zero-order valence-corrected chi connectivity index (χ0v) is 16.0. The molecule has 150 valence electrons. The van der Waals surface area contributed by atoms with Crippen LogP contribution >= 0.6 is 0 Å². The fourth-order valence-electron chi connectivity index (χ4n) is 3.41. The topological polar surface area (TPSA) is 103 Å². The summed E-state index contributed by atoms with van der Waals surface area (Å²) in [5.74, 6) is -0.423. The number of rotatable bonds is 6. The van der Waals surface area contributed by atoms with Gasteiger partial charge in [0.25, 0.3) is 5.91 Å². The van der Waals surface area contributed by atoms with Crippen LogP contribution in [0.25, 0.3) is 21.8 Å². The Bertz CT molecular complexity index is 1270. The molecule has 0 bridgehead atoms. The molecule has 2 amide bonds. The van der Waals surface area contributed by atoms with E-state index in [4.69, 9.17) is 10.5 Å². The summed E-state index contributed by atoms with van der Waals surface area (Å²) in [7, 11) is 0. The van der Waals surface area contributed by atoms with E-state index in [0.29, 0.717) is 33.2 Å². The summed E-state index contributed by atoms with van der Waals surface area (Å²) in [6.45, 7) is -0.222. The molecule has 1 aromatic heterocycles. The molecule has 0 aliphatic rings. The number of amides is 2. The van der Waals surface area contributed by atoms with E-state index >= 15 is 0 Å². The number of nitrogens with one attached hydrogen (secondary N) is 1. The summed E-state index contributed by atoms with van der Waals surface area (Å²) in [6.07, 6.45) is 0. The molecular formula is C23H19N3O4. The standard InChI is InChI=1S/C23H19N3O4/c24-21(27)14-30-16-7-5-6-15(12-16)25-22(28)13-26-19-10-3-1-8-17(19)23(29)18-9-2-4-11-20(18)26/h1-12H,13-14H2,(H2,24,27)(H,25,28). The van der Waals surface area contributed by atoms with Gasteiger partial charge in [0.1, 0.15) is 12.3 Å². The lowest BCUT2D eigenvalue weighted by molar-refractivity contribution is -0.120. The average molecular weight is 401 g/mol. The second kappa shape index (κ2) is 8.08. The van der Waals surface area contributed by atoms with Crippen LogP contribution in [0.4, 0.5) is 5.69 Å². The first-order valence-electron chi connectivity index (χ1n) is 9.34. The van der Waals surface area contributed by atoms with Gasteiger partial charge in [-0.2, -0.15) is 0 Å². The normalized spacial score (nSPS) is 10.8. The van der Waals surface area contributed by atoms with Crippen LogP contribution in [0.1, 0.15) is 0 Å². The Morgan fingerprint density at radius 2 is 1.53 bits per heavy atom.